The van der Waals surface area contributed by atoms with Crippen LogP contribution in [0.2, 0.25) is 0 Å². The van der Waals surface area contributed by atoms with Crippen molar-refractivity contribution in [1.29, 1.82) is 0 Å². The molecule has 34 heavy (non-hydrogen) atoms. The van der Waals surface area contributed by atoms with E-state index >= 15 is 0 Å². The Balaban J connectivity index is 1.68. The molecule has 0 amide bonds. The highest BCUT2D eigenvalue weighted by Gasteiger charge is 2.53. The molecule has 1 aromatic heterocycles. The molecule has 0 unspecified atom stereocenters. The van der Waals surface area contributed by atoms with E-state index in [4.69, 9.17) is 9.31 Å². The van der Waals surface area contributed by atoms with Gasteiger partial charge in [-0.3, -0.25) is 0 Å². The van der Waals surface area contributed by atoms with E-state index in [1.807, 2.05) is 11.3 Å². The molecule has 6 rings (SSSR count). The van der Waals surface area contributed by atoms with Gasteiger partial charge in [0.15, 0.2) is 0 Å². The van der Waals surface area contributed by atoms with Gasteiger partial charge in [-0.2, -0.15) is 0 Å². The Morgan fingerprint density at radius 1 is 0.588 bits per heavy atom. The molecule has 0 bridgehead atoms. The summed E-state index contributed by atoms with van der Waals surface area (Å²) in [6.07, 6.45) is 0. The normalized spacial score (nSPS) is 17.0. The average Bonchev–Trinajstić information content (AvgIpc) is 3.32. The number of fused-ring (bicyclic) bond motifs is 3. The predicted octanol–water partition coefficient (Wildman–Crippen LogP) is 7.69. The van der Waals surface area contributed by atoms with Gasteiger partial charge in [0.2, 0.25) is 0 Å². The summed E-state index contributed by atoms with van der Waals surface area (Å²) >= 11 is 1.83. The van der Waals surface area contributed by atoms with Crippen molar-refractivity contribution in [3.8, 4) is 22.3 Å². The van der Waals surface area contributed by atoms with Gasteiger partial charge in [0.1, 0.15) is 0 Å². The first kappa shape index (κ1) is 21.6. The van der Waals surface area contributed by atoms with E-state index in [-0.39, 0.29) is 0 Å². The zero-order valence-corrected chi connectivity index (χ0v) is 20.8. The summed E-state index contributed by atoms with van der Waals surface area (Å²) in [4.78, 5) is 0. The molecule has 1 aliphatic heterocycles. The number of hydrogen-bond acceptors (Lipinski definition) is 3. The van der Waals surface area contributed by atoms with Crippen LogP contribution >= 0.6 is 11.3 Å². The highest BCUT2D eigenvalue weighted by atomic mass is 32.1. The quantitative estimate of drug-likeness (QED) is 0.256. The maximum Gasteiger partial charge on any atom is 0.496 e. The van der Waals surface area contributed by atoms with Crippen LogP contribution in [0.25, 0.3) is 42.4 Å². The SMILES string of the molecule is CC1(C)OB(c2c(-c3ccccc3-c3ccccc3)ccc3sc4ccccc4c23)OC1(C)C. The summed E-state index contributed by atoms with van der Waals surface area (Å²) < 4.78 is 15.9. The summed E-state index contributed by atoms with van der Waals surface area (Å²) in [5.41, 5.74) is 5.05. The molecule has 4 aromatic carbocycles. The van der Waals surface area contributed by atoms with Gasteiger partial charge in [0.25, 0.3) is 0 Å². The fourth-order valence-corrected chi connectivity index (χ4v) is 5.99. The van der Waals surface area contributed by atoms with Crippen molar-refractivity contribution in [2.45, 2.75) is 38.9 Å². The molecular formula is C30H27BO2S. The molecule has 168 valence electrons. The number of rotatable bonds is 3. The second-order valence-corrected chi connectivity index (χ2v) is 11.1. The highest BCUT2D eigenvalue weighted by molar-refractivity contribution is 7.26. The molecule has 0 spiro atoms. The fourth-order valence-electron chi connectivity index (χ4n) is 4.87. The van der Waals surface area contributed by atoms with Crippen molar-refractivity contribution in [2.75, 3.05) is 0 Å². The van der Waals surface area contributed by atoms with E-state index in [1.165, 1.54) is 36.9 Å². The van der Waals surface area contributed by atoms with Crippen LogP contribution in [0.5, 0.6) is 0 Å². The second kappa shape index (κ2) is 7.81. The first-order valence-corrected chi connectivity index (χ1v) is 12.6. The Morgan fingerprint density at radius 2 is 1.21 bits per heavy atom. The number of benzene rings is 4. The van der Waals surface area contributed by atoms with Gasteiger partial charge in [0, 0.05) is 14.8 Å². The van der Waals surface area contributed by atoms with Gasteiger partial charge >= 0.3 is 7.12 Å². The van der Waals surface area contributed by atoms with Gasteiger partial charge in [-0.05, 0) is 72.9 Å². The molecule has 0 aliphatic carbocycles. The lowest BCUT2D eigenvalue weighted by molar-refractivity contribution is 0.00578. The van der Waals surface area contributed by atoms with Gasteiger partial charge in [-0.1, -0.05) is 78.9 Å². The van der Waals surface area contributed by atoms with Gasteiger partial charge < -0.3 is 9.31 Å². The third-order valence-electron chi connectivity index (χ3n) is 7.37. The maximum absolute atomic E-state index is 6.67. The van der Waals surface area contributed by atoms with Crippen molar-refractivity contribution in [1.82, 2.24) is 0 Å². The Labute approximate surface area is 205 Å². The molecule has 2 heterocycles. The van der Waals surface area contributed by atoms with Crippen LogP contribution in [0, 0.1) is 0 Å². The van der Waals surface area contributed by atoms with E-state index in [2.05, 4.69) is 119 Å². The molecule has 1 saturated heterocycles. The average molecular weight is 462 g/mol. The number of thiophene rings is 1. The van der Waals surface area contributed by atoms with Crippen molar-refractivity contribution in [3.63, 3.8) is 0 Å². The van der Waals surface area contributed by atoms with Crippen LogP contribution in [0.15, 0.2) is 91.0 Å². The minimum atomic E-state index is -0.453. The lowest BCUT2D eigenvalue weighted by atomic mass is 9.71. The van der Waals surface area contributed by atoms with E-state index in [1.54, 1.807) is 0 Å². The maximum atomic E-state index is 6.67. The monoisotopic (exact) mass is 462 g/mol. The standard InChI is InChI=1S/C30H27BO2S/c1-29(2)30(3,4)33-31(32-29)28-23(18-19-26-27(28)24-16-10-11-17-25(24)34-26)22-15-9-8-14-21(22)20-12-6-5-7-13-20/h5-19H,1-4H3. The summed E-state index contributed by atoms with van der Waals surface area (Å²) in [7, 11) is -0.453. The smallest absolute Gasteiger partial charge is 0.399 e. The van der Waals surface area contributed by atoms with Crippen LogP contribution < -0.4 is 5.46 Å². The van der Waals surface area contributed by atoms with Gasteiger partial charge in [0.05, 0.1) is 11.2 Å². The van der Waals surface area contributed by atoms with Crippen molar-refractivity contribution in [2.24, 2.45) is 0 Å². The zero-order valence-electron chi connectivity index (χ0n) is 20.0. The van der Waals surface area contributed by atoms with Crippen molar-refractivity contribution >= 4 is 44.1 Å². The first-order valence-electron chi connectivity index (χ1n) is 11.8. The Hall–Kier alpha value is -2.92. The summed E-state index contributed by atoms with van der Waals surface area (Å²) in [5, 5.41) is 2.49. The molecule has 0 saturated carbocycles. The lowest BCUT2D eigenvalue weighted by Crippen LogP contribution is -2.41. The van der Waals surface area contributed by atoms with Gasteiger partial charge in [-0.25, -0.2) is 0 Å². The Morgan fingerprint density at radius 3 is 1.94 bits per heavy atom. The fraction of sp³-hybridized carbons (Fsp3) is 0.200. The molecule has 0 radical (unpaired) electrons. The minimum Gasteiger partial charge on any atom is -0.399 e. The third-order valence-corrected chi connectivity index (χ3v) is 8.51. The Bertz CT molecular complexity index is 1500. The molecule has 2 nitrogen and oxygen atoms in total. The molecule has 0 N–H and O–H groups in total. The largest absolute Gasteiger partial charge is 0.496 e. The van der Waals surface area contributed by atoms with Gasteiger partial charge in [-0.15, -0.1) is 11.3 Å². The summed E-state index contributed by atoms with van der Waals surface area (Å²) in [5.74, 6) is 0. The minimum absolute atomic E-state index is 0.415. The molecule has 5 aromatic rings. The van der Waals surface area contributed by atoms with E-state index in [0.717, 1.165) is 11.0 Å². The van der Waals surface area contributed by atoms with E-state index in [0.29, 0.717) is 0 Å². The first-order chi connectivity index (χ1) is 16.4. The van der Waals surface area contributed by atoms with Crippen LogP contribution in [0.4, 0.5) is 0 Å². The number of hydrogen-bond donors (Lipinski definition) is 0. The van der Waals surface area contributed by atoms with Crippen molar-refractivity contribution < 1.29 is 9.31 Å². The van der Waals surface area contributed by atoms with Crippen LogP contribution in [0.1, 0.15) is 27.7 Å². The third kappa shape index (κ3) is 3.32. The summed E-state index contributed by atoms with van der Waals surface area (Å²) in [6, 6.07) is 32.4. The Kier molecular flexibility index (Phi) is 4.96. The van der Waals surface area contributed by atoms with Crippen LogP contribution in [-0.2, 0) is 9.31 Å². The molecule has 4 heteroatoms. The topological polar surface area (TPSA) is 18.5 Å². The molecular weight excluding hydrogens is 435 g/mol. The predicted molar refractivity (Wildman–Crippen MR) is 146 cm³/mol. The lowest BCUT2D eigenvalue weighted by Gasteiger charge is -2.32. The highest BCUT2D eigenvalue weighted by Crippen LogP contribution is 2.42. The van der Waals surface area contributed by atoms with E-state index in [9.17, 15) is 0 Å². The second-order valence-electron chi connectivity index (χ2n) is 10.00. The molecule has 1 aliphatic rings. The molecule has 0 atom stereocenters. The van der Waals surface area contributed by atoms with Crippen LogP contribution in [-0.4, -0.2) is 18.3 Å². The van der Waals surface area contributed by atoms with Crippen LogP contribution in [0.3, 0.4) is 0 Å². The summed E-state index contributed by atoms with van der Waals surface area (Å²) in [6.45, 7) is 8.49. The van der Waals surface area contributed by atoms with Crippen molar-refractivity contribution in [3.05, 3.63) is 91.0 Å². The molecule has 1 fully saturated rings. The zero-order chi connectivity index (χ0) is 23.5. The van der Waals surface area contributed by atoms with E-state index < -0.39 is 18.3 Å².